The van der Waals surface area contributed by atoms with Gasteiger partial charge < -0.3 is 4.57 Å². The van der Waals surface area contributed by atoms with E-state index < -0.39 is 0 Å². The number of fused-ring (bicyclic) bond motifs is 8. The molecule has 8 aromatic carbocycles. The summed E-state index contributed by atoms with van der Waals surface area (Å²) in [5, 5.41) is 10.2. The normalized spacial score (nSPS) is 11.9. The lowest BCUT2D eigenvalue weighted by atomic mass is 9.90. The topological polar surface area (TPSA) is 4.93 Å². The molecule has 0 atom stereocenters. The van der Waals surface area contributed by atoms with Crippen LogP contribution >= 0.6 is 11.3 Å². The van der Waals surface area contributed by atoms with Crippen molar-refractivity contribution < 1.29 is 0 Å². The van der Waals surface area contributed by atoms with Gasteiger partial charge in [-0.25, -0.2) is 0 Å². The standard InChI is InChI=1S/C44H27NS/c1-2-12-28(13-3-1)43-33-16-4-6-18-35(33)44(36-19-7-5-17-34(36)43)45-39-20-10-8-14-31(39)37-26-29(22-24-40(37)45)30-23-25-42-38(27-30)32-15-9-11-21-41(32)46-42/h1-27H. The SMILES string of the molecule is c1ccc(-c2c3ccccc3c(-n3c4ccccc4c4cc(-c5ccc6sc7ccccc7c6c5)ccc43)c3ccccc23)cc1. The van der Waals surface area contributed by atoms with Gasteiger partial charge in [0.25, 0.3) is 0 Å². The predicted molar refractivity (Wildman–Crippen MR) is 200 cm³/mol. The van der Waals surface area contributed by atoms with Crippen LogP contribution in [0.2, 0.25) is 0 Å². The summed E-state index contributed by atoms with van der Waals surface area (Å²) in [6, 6.07) is 60.2. The lowest BCUT2D eigenvalue weighted by molar-refractivity contribution is 1.21. The first-order chi connectivity index (χ1) is 22.8. The number of hydrogen-bond acceptors (Lipinski definition) is 1. The molecule has 10 rings (SSSR count). The molecule has 0 amide bonds. The summed E-state index contributed by atoms with van der Waals surface area (Å²) in [4.78, 5) is 0. The number of aromatic nitrogens is 1. The second-order valence-electron chi connectivity index (χ2n) is 12.1. The molecule has 0 fully saturated rings. The Morgan fingerprint density at radius 1 is 0.326 bits per heavy atom. The summed E-state index contributed by atoms with van der Waals surface area (Å²) in [6.45, 7) is 0. The number of benzene rings is 8. The molecule has 2 heteroatoms. The van der Waals surface area contributed by atoms with Crippen molar-refractivity contribution in [1.82, 2.24) is 4.57 Å². The van der Waals surface area contributed by atoms with Crippen molar-refractivity contribution >= 4 is 74.9 Å². The van der Waals surface area contributed by atoms with E-state index in [0.29, 0.717) is 0 Å². The molecular formula is C44H27NS. The quantitative estimate of drug-likeness (QED) is 0.178. The maximum Gasteiger partial charge on any atom is 0.0619 e. The Kier molecular flexibility index (Phi) is 5.51. The van der Waals surface area contributed by atoms with Gasteiger partial charge in [-0.05, 0) is 69.4 Å². The molecular weight excluding hydrogens is 575 g/mol. The minimum atomic E-state index is 1.22. The summed E-state index contributed by atoms with van der Waals surface area (Å²) in [5.74, 6) is 0. The van der Waals surface area contributed by atoms with Crippen LogP contribution in [0.3, 0.4) is 0 Å². The van der Waals surface area contributed by atoms with Crippen molar-refractivity contribution in [1.29, 1.82) is 0 Å². The molecule has 2 aromatic heterocycles. The fourth-order valence-corrected chi connectivity index (χ4v) is 8.65. The lowest BCUT2D eigenvalue weighted by Crippen LogP contribution is -1.99. The average Bonchev–Trinajstić information content (AvgIpc) is 3.66. The number of nitrogens with zero attached hydrogens (tertiary/aromatic N) is 1. The van der Waals surface area contributed by atoms with E-state index in [9.17, 15) is 0 Å². The molecule has 0 spiro atoms. The zero-order valence-corrected chi connectivity index (χ0v) is 25.8. The van der Waals surface area contributed by atoms with Crippen LogP contribution in [0.1, 0.15) is 0 Å². The molecule has 0 aliphatic heterocycles. The molecule has 0 unspecified atom stereocenters. The smallest absolute Gasteiger partial charge is 0.0619 e. The number of para-hydroxylation sites is 1. The Bertz CT molecular complexity index is 2740. The van der Waals surface area contributed by atoms with Crippen molar-refractivity contribution in [3.05, 3.63) is 164 Å². The summed E-state index contributed by atoms with van der Waals surface area (Å²) < 4.78 is 5.18. The van der Waals surface area contributed by atoms with E-state index in [1.165, 1.54) is 91.5 Å². The molecule has 214 valence electrons. The van der Waals surface area contributed by atoms with Crippen LogP contribution in [-0.4, -0.2) is 4.57 Å². The van der Waals surface area contributed by atoms with Crippen LogP contribution in [0.4, 0.5) is 0 Å². The van der Waals surface area contributed by atoms with Crippen molar-refractivity contribution in [3.8, 4) is 27.9 Å². The molecule has 0 aliphatic rings. The highest BCUT2D eigenvalue weighted by Crippen LogP contribution is 2.44. The molecule has 0 radical (unpaired) electrons. The van der Waals surface area contributed by atoms with Gasteiger partial charge in [-0.15, -0.1) is 11.3 Å². The Morgan fingerprint density at radius 3 is 1.59 bits per heavy atom. The highest BCUT2D eigenvalue weighted by molar-refractivity contribution is 7.25. The van der Waals surface area contributed by atoms with E-state index in [1.54, 1.807) is 0 Å². The molecule has 10 aromatic rings. The van der Waals surface area contributed by atoms with E-state index in [4.69, 9.17) is 0 Å². The third-order valence-corrected chi connectivity index (χ3v) is 10.7. The Labute approximate surface area is 270 Å². The molecule has 0 saturated heterocycles. The average molecular weight is 602 g/mol. The van der Waals surface area contributed by atoms with Gasteiger partial charge in [0.15, 0.2) is 0 Å². The van der Waals surface area contributed by atoms with Gasteiger partial charge >= 0.3 is 0 Å². The van der Waals surface area contributed by atoms with Crippen molar-refractivity contribution in [3.63, 3.8) is 0 Å². The first-order valence-electron chi connectivity index (χ1n) is 15.8. The summed E-state index contributed by atoms with van der Waals surface area (Å²) >= 11 is 1.87. The van der Waals surface area contributed by atoms with Gasteiger partial charge in [-0.1, -0.05) is 127 Å². The van der Waals surface area contributed by atoms with Crippen LogP contribution in [0.25, 0.3) is 91.5 Å². The fourth-order valence-electron chi connectivity index (χ4n) is 7.56. The predicted octanol–water partition coefficient (Wildman–Crippen LogP) is 12.8. The van der Waals surface area contributed by atoms with Crippen LogP contribution in [0.15, 0.2) is 164 Å². The maximum absolute atomic E-state index is 2.50. The summed E-state index contributed by atoms with van der Waals surface area (Å²) in [6.07, 6.45) is 0. The van der Waals surface area contributed by atoms with Crippen LogP contribution < -0.4 is 0 Å². The van der Waals surface area contributed by atoms with E-state index >= 15 is 0 Å². The highest BCUT2D eigenvalue weighted by Gasteiger charge is 2.20. The molecule has 46 heavy (non-hydrogen) atoms. The first kappa shape index (κ1) is 25.6. The second-order valence-corrected chi connectivity index (χ2v) is 13.2. The van der Waals surface area contributed by atoms with Crippen molar-refractivity contribution in [2.45, 2.75) is 0 Å². The number of hydrogen-bond donors (Lipinski definition) is 0. The molecule has 0 bridgehead atoms. The third-order valence-electron chi connectivity index (χ3n) is 9.57. The Morgan fingerprint density at radius 2 is 0.848 bits per heavy atom. The molecule has 0 N–H and O–H groups in total. The molecule has 2 heterocycles. The summed E-state index contributed by atoms with van der Waals surface area (Å²) in [5.41, 5.74) is 8.68. The zero-order chi connectivity index (χ0) is 30.2. The largest absolute Gasteiger partial charge is 0.308 e. The lowest BCUT2D eigenvalue weighted by Gasteiger charge is -2.19. The van der Waals surface area contributed by atoms with Gasteiger partial charge in [-0.3, -0.25) is 0 Å². The van der Waals surface area contributed by atoms with Gasteiger partial charge in [-0.2, -0.15) is 0 Å². The number of thiophene rings is 1. The molecule has 0 aliphatic carbocycles. The van der Waals surface area contributed by atoms with Crippen LogP contribution in [0, 0.1) is 0 Å². The Balaban J connectivity index is 1.28. The monoisotopic (exact) mass is 601 g/mol. The van der Waals surface area contributed by atoms with E-state index in [2.05, 4.69) is 168 Å². The van der Waals surface area contributed by atoms with Gasteiger partial charge in [0, 0.05) is 41.7 Å². The van der Waals surface area contributed by atoms with Crippen LogP contribution in [-0.2, 0) is 0 Å². The minimum Gasteiger partial charge on any atom is -0.308 e. The van der Waals surface area contributed by atoms with Crippen molar-refractivity contribution in [2.24, 2.45) is 0 Å². The highest BCUT2D eigenvalue weighted by atomic mass is 32.1. The summed E-state index contributed by atoms with van der Waals surface area (Å²) in [7, 11) is 0. The molecule has 1 nitrogen and oxygen atoms in total. The molecule has 0 saturated carbocycles. The van der Waals surface area contributed by atoms with Crippen molar-refractivity contribution in [2.75, 3.05) is 0 Å². The van der Waals surface area contributed by atoms with Gasteiger partial charge in [0.1, 0.15) is 0 Å². The number of rotatable bonds is 3. The van der Waals surface area contributed by atoms with E-state index in [1.807, 2.05) is 11.3 Å². The van der Waals surface area contributed by atoms with Gasteiger partial charge in [0.05, 0.1) is 16.7 Å². The van der Waals surface area contributed by atoms with E-state index in [-0.39, 0.29) is 0 Å². The zero-order valence-electron chi connectivity index (χ0n) is 24.9. The Hall–Kier alpha value is -5.70. The maximum atomic E-state index is 2.50. The third kappa shape index (κ3) is 3.68. The fraction of sp³-hybridized carbons (Fsp3) is 0. The first-order valence-corrected chi connectivity index (χ1v) is 16.6. The minimum absolute atomic E-state index is 1.22. The second kappa shape index (κ2) is 9.90. The van der Waals surface area contributed by atoms with Gasteiger partial charge in [0.2, 0.25) is 0 Å². The van der Waals surface area contributed by atoms with E-state index in [0.717, 1.165) is 0 Å². The van der Waals surface area contributed by atoms with Crippen LogP contribution in [0.5, 0.6) is 0 Å².